The average molecular weight is 521 g/mol. The van der Waals surface area contributed by atoms with Crippen LogP contribution in [0.1, 0.15) is 25.5 Å². The first-order chi connectivity index (χ1) is 16.1. The summed E-state index contributed by atoms with van der Waals surface area (Å²) in [6.07, 6.45) is 1.86. The molecule has 0 saturated carbocycles. The van der Waals surface area contributed by atoms with Crippen molar-refractivity contribution in [3.63, 3.8) is 0 Å². The summed E-state index contributed by atoms with van der Waals surface area (Å²) in [5.74, 6) is -0.437. The smallest absolute Gasteiger partial charge is 0.264 e. The van der Waals surface area contributed by atoms with Crippen molar-refractivity contribution in [2.45, 2.75) is 30.5 Å². The Bertz CT molecular complexity index is 1450. The Balaban J connectivity index is 1.83. The van der Waals surface area contributed by atoms with E-state index in [9.17, 15) is 8.42 Å². The van der Waals surface area contributed by atoms with Crippen LogP contribution in [0.25, 0.3) is 11.0 Å². The van der Waals surface area contributed by atoms with Crippen molar-refractivity contribution in [3.8, 4) is 5.88 Å². The Labute approximate surface area is 206 Å². The summed E-state index contributed by atoms with van der Waals surface area (Å²) in [5.41, 5.74) is -0.593. The van der Waals surface area contributed by atoms with Crippen molar-refractivity contribution in [1.29, 1.82) is 0 Å². The van der Waals surface area contributed by atoms with E-state index >= 15 is 4.39 Å². The number of fused-ring (bicyclic) bond motifs is 1. The van der Waals surface area contributed by atoms with Crippen LogP contribution in [-0.4, -0.2) is 29.0 Å². The molecule has 0 saturated heterocycles. The summed E-state index contributed by atoms with van der Waals surface area (Å²) in [6, 6.07) is 14.3. The monoisotopic (exact) mass is 520 g/mol. The van der Waals surface area contributed by atoms with Gasteiger partial charge >= 0.3 is 0 Å². The third-order valence-corrected chi connectivity index (χ3v) is 7.13. The number of aromatic nitrogens is 3. The molecule has 7 nitrogen and oxygen atoms in total. The van der Waals surface area contributed by atoms with Gasteiger partial charge in [0.05, 0.1) is 21.1 Å². The van der Waals surface area contributed by atoms with Crippen molar-refractivity contribution in [1.82, 2.24) is 15.0 Å². The minimum absolute atomic E-state index is 0.0708. The minimum Gasteiger partial charge on any atom is -0.463 e. The third-order valence-electron chi connectivity index (χ3n) is 4.82. The summed E-state index contributed by atoms with van der Waals surface area (Å²) < 4.78 is 49.8. The number of halogens is 3. The van der Waals surface area contributed by atoms with E-state index in [2.05, 4.69) is 19.7 Å². The Kier molecular flexibility index (Phi) is 6.62. The molecule has 0 fully saturated rings. The molecule has 0 bridgehead atoms. The number of nitrogens with one attached hydrogen (secondary N) is 1. The standard InChI is InChI=1S/C23H19Cl2FN4O3S/c1-23(2,26)20(14-7-6-12-27-13-14)33-22-21(28-16-9-3-4-10-17(16)29-22)30-34(31,32)18-11-5-8-15(24)19(18)25/h3-13,20H,1-2H3,(H,28,30). The van der Waals surface area contributed by atoms with E-state index in [0.29, 0.717) is 16.6 Å². The van der Waals surface area contributed by atoms with E-state index in [0.717, 1.165) is 0 Å². The molecule has 0 aliphatic heterocycles. The Morgan fingerprint density at radius 1 is 1.00 bits per heavy atom. The molecule has 2 heterocycles. The molecule has 4 rings (SSSR count). The van der Waals surface area contributed by atoms with Crippen molar-refractivity contribution < 1.29 is 17.5 Å². The van der Waals surface area contributed by atoms with Crippen molar-refractivity contribution in [3.05, 3.63) is 82.6 Å². The molecule has 1 atom stereocenters. The summed E-state index contributed by atoms with van der Waals surface area (Å²) >= 11 is 12.1. The van der Waals surface area contributed by atoms with Crippen LogP contribution >= 0.6 is 23.2 Å². The van der Waals surface area contributed by atoms with Gasteiger partial charge in [0.2, 0.25) is 5.82 Å². The van der Waals surface area contributed by atoms with Crippen LogP contribution in [0, 0.1) is 0 Å². The SMILES string of the molecule is CC(C)(F)C(Oc1nc2ccccc2nc1NS(=O)(=O)c1cccc(Cl)c1Cl)c1cccnc1. The molecule has 1 unspecified atom stereocenters. The zero-order valence-electron chi connectivity index (χ0n) is 18.0. The van der Waals surface area contributed by atoms with Gasteiger partial charge in [-0.15, -0.1) is 0 Å². The maximum atomic E-state index is 15.2. The lowest BCUT2D eigenvalue weighted by Crippen LogP contribution is -2.29. The van der Waals surface area contributed by atoms with Crippen LogP contribution in [-0.2, 0) is 10.0 Å². The molecule has 0 aliphatic rings. The highest BCUT2D eigenvalue weighted by Crippen LogP contribution is 2.37. The van der Waals surface area contributed by atoms with Gasteiger partial charge in [-0.1, -0.05) is 47.5 Å². The fourth-order valence-electron chi connectivity index (χ4n) is 3.25. The number of rotatable bonds is 7. The normalized spacial score (nSPS) is 13.0. The lowest BCUT2D eigenvalue weighted by atomic mass is 9.97. The second-order valence-corrected chi connectivity index (χ2v) is 10.3. The molecule has 2 aromatic heterocycles. The maximum Gasteiger partial charge on any atom is 0.264 e. The number of sulfonamides is 1. The first-order valence-corrected chi connectivity index (χ1v) is 12.3. The van der Waals surface area contributed by atoms with Crippen LogP contribution < -0.4 is 9.46 Å². The zero-order valence-corrected chi connectivity index (χ0v) is 20.4. The van der Waals surface area contributed by atoms with E-state index in [4.69, 9.17) is 27.9 Å². The predicted molar refractivity (Wildman–Crippen MR) is 130 cm³/mol. The minimum atomic E-state index is -4.25. The first kappa shape index (κ1) is 24.1. The quantitative estimate of drug-likeness (QED) is 0.321. The van der Waals surface area contributed by atoms with Gasteiger partial charge in [0.15, 0.2) is 6.10 Å². The van der Waals surface area contributed by atoms with E-state index in [1.54, 1.807) is 42.6 Å². The van der Waals surface area contributed by atoms with Gasteiger partial charge in [-0.2, -0.15) is 0 Å². The molecule has 176 valence electrons. The summed E-state index contributed by atoms with van der Waals surface area (Å²) in [4.78, 5) is 12.6. The lowest BCUT2D eigenvalue weighted by molar-refractivity contribution is 0.0324. The van der Waals surface area contributed by atoms with E-state index < -0.39 is 21.8 Å². The van der Waals surface area contributed by atoms with Gasteiger partial charge < -0.3 is 4.74 Å². The highest BCUT2D eigenvalue weighted by molar-refractivity contribution is 7.92. The summed E-state index contributed by atoms with van der Waals surface area (Å²) in [5, 5.41) is -0.0764. The molecular weight excluding hydrogens is 502 g/mol. The number of benzene rings is 2. The molecule has 0 radical (unpaired) electrons. The Morgan fingerprint density at radius 3 is 2.35 bits per heavy atom. The highest BCUT2D eigenvalue weighted by Gasteiger charge is 2.35. The van der Waals surface area contributed by atoms with Crippen LogP contribution in [0.4, 0.5) is 10.2 Å². The molecule has 1 N–H and O–H groups in total. The summed E-state index contributed by atoms with van der Waals surface area (Å²) in [7, 11) is -4.25. The zero-order chi connectivity index (χ0) is 24.5. The average Bonchev–Trinajstić information content (AvgIpc) is 2.78. The largest absolute Gasteiger partial charge is 0.463 e. The Morgan fingerprint density at radius 2 is 1.71 bits per heavy atom. The molecule has 2 aromatic carbocycles. The molecule has 34 heavy (non-hydrogen) atoms. The highest BCUT2D eigenvalue weighted by atomic mass is 35.5. The fraction of sp³-hybridized carbons (Fsp3) is 0.174. The number of para-hydroxylation sites is 2. The van der Waals surface area contributed by atoms with Crippen LogP contribution in [0.15, 0.2) is 71.9 Å². The van der Waals surface area contributed by atoms with Gasteiger partial charge in [0, 0.05) is 18.0 Å². The van der Waals surface area contributed by atoms with Gasteiger partial charge in [0.1, 0.15) is 10.6 Å². The number of hydrogen-bond donors (Lipinski definition) is 1. The molecule has 0 aliphatic carbocycles. The number of ether oxygens (including phenoxy) is 1. The van der Waals surface area contributed by atoms with Crippen LogP contribution in [0.5, 0.6) is 5.88 Å². The van der Waals surface area contributed by atoms with Crippen LogP contribution in [0.2, 0.25) is 10.0 Å². The lowest BCUT2D eigenvalue weighted by Gasteiger charge is -2.28. The third kappa shape index (κ3) is 5.06. The van der Waals surface area contributed by atoms with E-state index in [1.807, 2.05) is 0 Å². The maximum absolute atomic E-state index is 15.2. The number of alkyl halides is 1. The Hall–Kier alpha value is -3.01. The van der Waals surface area contributed by atoms with Gasteiger partial charge in [-0.25, -0.2) is 22.8 Å². The number of anilines is 1. The first-order valence-electron chi connectivity index (χ1n) is 10.1. The van der Waals surface area contributed by atoms with Crippen LogP contribution in [0.3, 0.4) is 0 Å². The molecule has 0 spiro atoms. The molecular formula is C23H19Cl2FN4O3S. The van der Waals surface area contributed by atoms with Gasteiger partial charge in [-0.05, 0) is 44.2 Å². The van der Waals surface area contributed by atoms with Gasteiger partial charge in [0.25, 0.3) is 15.9 Å². The predicted octanol–water partition coefficient (Wildman–Crippen LogP) is 6.00. The van der Waals surface area contributed by atoms with E-state index in [-0.39, 0.29) is 26.6 Å². The van der Waals surface area contributed by atoms with Crippen molar-refractivity contribution in [2.75, 3.05) is 4.72 Å². The summed E-state index contributed by atoms with van der Waals surface area (Å²) in [6.45, 7) is 2.68. The molecule has 11 heteroatoms. The molecule has 4 aromatic rings. The fourth-order valence-corrected chi connectivity index (χ4v) is 5.02. The van der Waals surface area contributed by atoms with E-state index in [1.165, 1.54) is 38.2 Å². The van der Waals surface area contributed by atoms with Gasteiger partial charge in [-0.3, -0.25) is 9.71 Å². The topological polar surface area (TPSA) is 94.1 Å². The molecule has 0 amide bonds. The van der Waals surface area contributed by atoms with Crippen molar-refractivity contribution >= 4 is 50.1 Å². The second-order valence-electron chi connectivity index (χ2n) is 7.87. The number of pyridine rings is 1. The van der Waals surface area contributed by atoms with Crippen molar-refractivity contribution in [2.24, 2.45) is 0 Å². The number of nitrogens with zero attached hydrogens (tertiary/aromatic N) is 3. The number of hydrogen-bond acceptors (Lipinski definition) is 6. The second kappa shape index (κ2) is 9.32.